The zero-order valence-electron chi connectivity index (χ0n) is 9.64. The molecule has 1 aromatic heterocycles. The molecular formula is C10H18N4OS. The van der Waals surface area contributed by atoms with E-state index < -0.39 is 0 Å². The minimum absolute atomic E-state index is 0.0349. The van der Waals surface area contributed by atoms with Gasteiger partial charge in [0, 0.05) is 18.0 Å². The summed E-state index contributed by atoms with van der Waals surface area (Å²) in [6, 6.07) is 0.186. The van der Waals surface area contributed by atoms with E-state index in [2.05, 4.69) is 17.3 Å². The van der Waals surface area contributed by atoms with Crippen LogP contribution in [-0.4, -0.2) is 33.2 Å². The molecule has 1 atom stereocenters. The van der Waals surface area contributed by atoms with Gasteiger partial charge in [-0.2, -0.15) is 16.9 Å². The first-order valence-corrected chi connectivity index (χ1v) is 6.42. The molecule has 1 rings (SSSR count). The molecule has 5 nitrogen and oxygen atoms in total. The topological polar surface area (TPSA) is 72.9 Å². The summed E-state index contributed by atoms with van der Waals surface area (Å²) in [6.07, 6.45) is 3.18. The lowest BCUT2D eigenvalue weighted by atomic mass is 10.4. The van der Waals surface area contributed by atoms with Crippen LogP contribution in [0.5, 0.6) is 0 Å². The molecule has 1 unspecified atom stereocenters. The fourth-order valence-corrected chi connectivity index (χ4v) is 1.94. The Bertz CT molecular complexity index is 339. The third-order valence-corrected chi connectivity index (χ3v) is 3.08. The second-order valence-corrected chi connectivity index (χ2v) is 4.92. The van der Waals surface area contributed by atoms with E-state index >= 15 is 0 Å². The van der Waals surface area contributed by atoms with Crippen LogP contribution in [0.1, 0.15) is 13.8 Å². The Labute approximate surface area is 99.8 Å². The minimum atomic E-state index is -0.0349. The quantitative estimate of drug-likeness (QED) is 0.771. The lowest BCUT2D eigenvalue weighted by Crippen LogP contribution is -2.36. The maximum atomic E-state index is 11.6. The smallest absolute Gasteiger partial charge is 0.241 e. The maximum absolute atomic E-state index is 11.6. The van der Waals surface area contributed by atoms with Crippen molar-refractivity contribution in [3.05, 3.63) is 12.4 Å². The van der Waals surface area contributed by atoms with Crippen molar-refractivity contribution in [3.63, 3.8) is 0 Å². The molecule has 16 heavy (non-hydrogen) atoms. The number of anilines is 1. The van der Waals surface area contributed by atoms with Crippen LogP contribution in [0.15, 0.2) is 12.4 Å². The highest BCUT2D eigenvalue weighted by molar-refractivity contribution is 7.99. The molecule has 0 saturated heterocycles. The molecule has 0 aliphatic rings. The fraction of sp³-hybridized carbons (Fsp3) is 0.600. The van der Waals surface area contributed by atoms with E-state index in [4.69, 9.17) is 5.73 Å². The standard InChI is InChI=1S/C10H18N4OS/c1-3-16-7-8(2)13-10(15)6-14-5-9(11)4-12-14/h4-5,8H,3,6-7,11H2,1-2H3,(H,13,15). The summed E-state index contributed by atoms with van der Waals surface area (Å²) in [4.78, 5) is 11.6. The Kier molecular flexibility index (Phi) is 5.18. The molecule has 0 bridgehead atoms. The van der Waals surface area contributed by atoms with Crippen LogP contribution in [0, 0.1) is 0 Å². The number of amides is 1. The number of rotatable bonds is 6. The fourth-order valence-electron chi connectivity index (χ4n) is 1.27. The van der Waals surface area contributed by atoms with Crippen LogP contribution in [0.3, 0.4) is 0 Å². The van der Waals surface area contributed by atoms with Crippen LogP contribution in [0.4, 0.5) is 5.69 Å². The highest BCUT2D eigenvalue weighted by Gasteiger charge is 2.08. The molecule has 0 spiro atoms. The van der Waals surface area contributed by atoms with Crippen LogP contribution < -0.4 is 11.1 Å². The number of carbonyl (C=O) groups is 1. The lowest BCUT2D eigenvalue weighted by Gasteiger charge is -2.12. The molecule has 0 radical (unpaired) electrons. The first-order chi connectivity index (χ1) is 7.61. The lowest BCUT2D eigenvalue weighted by molar-refractivity contribution is -0.122. The van der Waals surface area contributed by atoms with E-state index in [1.165, 1.54) is 10.9 Å². The molecule has 0 aromatic carbocycles. The van der Waals surface area contributed by atoms with Gasteiger partial charge in [-0.15, -0.1) is 0 Å². The predicted octanol–water partition coefficient (Wildman–Crippen LogP) is 0.723. The highest BCUT2D eigenvalue weighted by Crippen LogP contribution is 2.01. The van der Waals surface area contributed by atoms with E-state index in [9.17, 15) is 4.79 Å². The third-order valence-electron chi connectivity index (χ3n) is 1.94. The Morgan fingerprint density at radius 2 is 2.50 bits per heavy atom. The SMILES string of the molecule is CCSCC(C)NC(=O)Cn1cc(N)cn1. The van der Waals surface area contributed by atoms with Gasteiger partial charge >= 0.3 is 0 Å². The minimum Gasteiger partial charge on any atom is -0.396 e. The highest BCUT2D eigenvalue weighted by atomic mass is 32.2. The molecule has 3 N–H and O–H groups in total. The second kappa shape index (κ2) is 6.42. The van der Waals surface area contributed by atoms with Crippen LogP contribution in [0.2, 0.25) is 0 Å². The van der Waals surface area contributed by atoms with Gasteiger partial charge in [0.05, 0.1) is 11.9 Å². The first kappa shape index (κ1) is 12.9. The Morgan fingerprint density at radius 1 is 1.75 bits per heavy atom. The Morgan fingerprint density at radius 3 is 3.06 bits per heavy atom. The largest absolute Gasteiger partial charge is 0.396 e. The summed E-state index contributed by atoms with van der Waals surface area (Å²) in [5.74, 6) is 1.96. The Balaban J connectivity index is 2.30. The van der Waals surface area contributed by atoms with Crippen molar-refractivity contribution in [3.8, 4) is 0 Å². The zero-order valence-corrected chi connectivity index (χ0v) is 10.5. The summed E-state index contributed by atoms with van der Waals surface area (Å²) >= 11 is 1.81. The molecule has 90 valence electrons. The molecule has 0 aliphatic heterocycles. The average molecular weight is 242 g/mol. The first-order valence-electron chi connectivity index (χ1n) is 5.27. The maximum Gasteiger partial charge on any atom is 0.241 e. The van der Waals surface area contributed by atoms with Crippen LogP contribution in [0.25, 0.3) is 0 Å². The van der Waals surface area contributed by atoms with Crippen molar-refractivity contribution < 1.29 is 4.79 Å². The van der Waals surface area contributed by atoms with E-state index in [0.717, 1.165) is 11.5 Å². The molecule has 1 aromatic rings. The number of hydrogen-bond donors (Lipinski definition) is 2. The van der Waals surface area contributed by atoms with E-state index in [0.29, 0.717) is 5.69 Å². The van der Waals surface area contributed by atoms with Crippen LogP contribution in [-0.2, 0) is 11.3 Å². The molecule has 1 heterocycles. The molecular weight excluding hydrogens is 224 g/mol. The summed E-state index contributed by atoms with van der Waals surface area (Å²) in [5, 5.41) is 6.86. The van der Waals surface area contributed by atoms with Gasteiger partial charge in [0.25, 0.3) is 0 Å². The summed E-state index contributed by atoms with van der Waals surface area (Å²) in [7, 11) is 0. The summed E-state index contributed by atoms with van der Waals surface area (Å²) in [5.41, 5.74) is 6.07. The van der Waals surface area contributed by atoms with E-state index in [1.54, 1.807) is 6.20 Å². The van der Waals surface area contributed by atoms with E-state index in [1.807, 2.05) is 18.7 Å². The zero-order chi connectivity index (χ0) is 12.0. The van der Waals surface area contributed by atoms with Gasteiger partial charge in [-0.3, -0.25) is 9.48 Å². The average Bonchev–Trinajstić information content (AvgIpc) is 2.60. The number of nitrogen functional groups attached to an aromatic ring is 1. The number of nitrogens with one attached hydrogen (secondary N) is 1. The van der Waals surface area contributed by atoms with Gasteiger partial charge in [-0.1, -0.05) is 6.92 Å². The second-order valence-electron chi connectivity index (χ2n) is 3.60. The monoisotopic (exact) mass is 242 g/mol. The molecule has 0 fully saturated rings. The summed E-state index contributed by atoms with van der Waals surface area (Å²) < 4.78 is 1.53. The Hall–Kier alpha value is -1.17. The van der Waals surface area contributed by atoms with E-state index in [-0.39, 0.29) is 18.5 Å². The normalized spacial score (nSPS) is 12.4. The molecule has 6 heteroatoms. The molecule has 0 saturated carbocycles. The van der Waals surface area contributed by atoms with Gasteiger partial charge in [0.15, 0.2) is 0 Å². The van der Waals surface area contributed by atoms with Gasteiger partial charge in [0.2, 0.25) is 5.91 Å². The van der Waals surface area contributed by atoms with Crippen molar-refractivity contribution in [2.45, 2.75) is 26.4 Å². The van der Waals surface area contributed by atoms with Crippen LogP contribution >= 0.6 is 11.8 Å². The van der Waals surface area contributed by atoms with Crippen molar-refractivity contribution in [2.24, 2.45) is 0 Å². The van der Waals surface area contributed by atoms with Gasteiger partial charge in [-0.05, 0) is 12.7 Å². The number of nitrogens with two attached hydrogens (primary N) is 1. The van der Waals surface area contributed by atoms with Crippen molar-refractivity contribution in [2.75, 3.05) is 17.2 Å². The number of thioether (sulfide) groups is 1. The predicted molar refractivity (Wildman–Crippen MR) is 67.2 cm³/mol. The number of carbonyl (C=O) groups excluding carboxylic acids is 1. The number of aromatic nitrogens is 2. The number of nitrogens with zero attached hydrogens (tertiary/aromatic N) is 2. The van der Waals surface area contributed by atoms with Gasteiger partial charge in [0.1, 0.15) is 6.54 Å². The summed E-state index contributed by atoms with van der Waals surface area (Å²) in [6.45, 7) is 4.32. The van der Waals surface area contributed by atoms with Crippen molar-refractivity contribution >= 4 is 23.4 Å². The van der Waals surface area contributed by atoms with Gasteiger partial charge in [-0.25, -0.2) is 0 Å². The molecule has 0 aliphatic carbocycles. The van der Waals surface area contributed by atoms with Crippen molar-refractivity contribution in [1.29, 1.82) is 0 Å². The van der Waals surface area contributed by atoms with Gasteiger partial charge < -0.3 is 11.1 Å². The molecule has 1 amide bonds. The number of hydrogen-bond acceptors (Lipinski definition) is 4. The van der Waals surface area contributed by atoms with Crippen molar-refractivity contribution in [1.82, 2.24) is 15.1 Å². The third kappa shape index (κ3) is 4.57.